The lowest BCUT2D eigenvalue weighted by Crippen LogP contribution is -2.30. The van der Waals surface area contributed by atoms with Gasteiger partial charge in [0.05, 0.1) is 26.4 Å². The van der Waals surface area contributed by atoms with E-state index in [0.717, 1.165) is 225 Å². The molecule has 0 aromatic heterocycles. The Kier molecular flexibility index (Phi) is 96.1. The Morgan fingerprint density at radius 1 is 0.217 bits per heavy atom. The Labute approximate surface area is 787 Å². The molecular formula is C111H184O16P2. The van der Waals surface area contributed by atoms with Gasteiger partial charge in [0.1, 0.15) is 25.4 Å². The number of rotatable bonds is 95. The molecule has 0 radical (unpaired) electrons. The summed E-state index contributed by atoms with van der Waals surface area (Å²) < 4.78 is 61.7. The van der Waals surface area contributed by atoms with Crippen LogP contribution >= 0.6 is 15.6 Å². The maximum Gasteiger partial charge on any atom is 0.472 e. The Hall–Kier alpha value is -6.13. The Morgan fingerprint density at radius 2 is 0.388 bits per heavy atom. The third kappa shape index (κ3) is 102. The van der Waals surface area contributed by atoms with E-state index < -0.39 is 91.5 Å². The van der Waals surface area contributed by atoms with Gasteiger partial charge in [0.2, 0.25) is 0 Å². The zero-order valence-electron chi connectivity index (χ0n) is 81.3. The molecule has 0 aliphatic heterocycles. The monoisotopic (exact) mass is 1840 g/mol. The van der Waals surface area contributed by atoms with Crippen LogP contribution in [0.5, 0.6) is 0 Å². The van der Waals surface area contributed by atoms with Gasteiger partial charge in [-0.2, -0.15) is 0 Å². The third-order valence-electron chi connectivity index (χ3n) is 21.2. The first-order valence-corrected chi connectivity index (χ1v) is 54.0. The number of unbranched alkanes of at least 4 members (excludes halogenated alkanes) is 36. The predicted octanol–water partition coefficient (Wildman–Crippen LogP) is 32.5. The molecule has 0 rings (SSSR count). The molecule has 0 aromatic rings. The molecule has 0 spiro atoms. The summed E-state index contributed by atoms with van der Waals surface area (Å²) in [6.07, 6.45) is 138. The summed E-state index contributed by atoms with van der Waals surface area (Å²) in [6, 6.07) is 0. The summed E-state index contributed by atoms with van der Waals surface area (Å²) in [5.74, 6) is -1.58. The van der Waals surface area contributed by atoms with Crippen molar-refractivity contribution in [3.8, 4) is 0 Å². The van der Waals surface area contributed by atoms with Crippen molar-refractivity contribution in [3.05, 3.63) is 219 Å². The summed E-state index contributed by atoms with van der Waals surface area (Å²) in [5.41, 5.74) is 0. The van der Waals surface area contributed by atoms with Gasteiger partial charge in [-0.15, -0.1) is 0 Å². The van der Waals surface area contributed by atoms with Gasteiger partial charge in [-0.05, 0) is 173 Å². The number of ether oxygens (including phenoxy) is 3. The minimum absolute atomic E-state index is 0.0879. The molecule has 0 fully saturated rings. The van der Waals surface area contributed by atoms with Gasteiger partial charge < -0.3 is 34.2 Å². The number of esters is 3. The van der Waals surface area contributed by atoms with E-state index in [9.17, 15) is 43.5 Å². The minimum Gasteiger partial charge on any atom is -0.463 e. The first-order valence-electron chi connectivity index (χ1n) is 51.0. The number of allylic oxidation sites excluding steroid dienone is 36. The highest BCUT2D eigenvalue weighted by atomic mass is 31.2. The van der Waals surface area contributed by atoms with Crippen molar-refractivity contribution in [3.63, 3.8) is 0 Å². The summed E-state index contributed by atoms with van der Waals surface area (Å²) in [4.78, 5) is 59.2. The zero-order valence-corrected chi connectivity index (χ0v) is 83.1. The van der Waals surface area contributed by atoms with Crippen LogP contribution in [0, 0.1) is 0 Å². The molecular weight excluding hydrogens is 1650 g/mol. The SMILES string of the molecule is CC/C=C\C/C=C\C/C=C\C/C=C\C/C=C\C/C=C\CCCCCCCCCCCCCCCCC(=O)OCC(O)COP(=O)(O)OCC(O)COP(=O)(O)OCC(COC(=O)CCCCCCCCCCCCCCCC/C=C\C/C=C\C/C=C\C/C=C\C/C=C\C/C=C\CC)OC(=O)CCCCCCCCCC/C=C\C/C=C\C/C=C\C/C=C\C/C=C\C/C=C\CC. The number of hydrogen-bond donors (Lipinski definition) is 4. The number of carbonyl (C=O) groups is 3. The fourth-order valence-electron chi connectivity index (χ4n) is 13.6. The van der Waals surface area contributed by atoms with Crippen molar-refractivity contribution < 1.29 is 75.8 Å². The van der Waals surface area contributed by atoms with Crippen LogP contribution in [0.3, 0.4) is 0 Å². The molecule has 0 bridgehead atoms. The lowest BCUT2D eigenvalue weighted by Gasteiger charge is -2.21. The average molecular weight is 1840 g/mol. The standard InChI is InChI=1S/C111H184O16P2/c1-4-7-10-13-16-19-22-25-28-31-34-37-40-43-46-48-50-52-54-56-59-61-64-67-70-73-76-79-82-85-88-91-94-97-109(114)121-100-106(112)101-123-128(117,118)124-102-107(113)103-125-129(119,120)126-105-108(127-111(116)99-96-93-90-87-84-81-78-75-72-69-66-63-58-45-42-39-36-33-30-27-24-21-18-15-12-9-6-3)104-122-110(115)98-95-92-89-86-83-80-77-74-71-68-65-62-60-57-55-53-51-49-47-44-41-38-35-32-29-26-23-20-17-14-11-8-5-2/h7-12,16-21,25-30,34-39,43-47,50-53,58,66,69,106-108,112-113H,4-6,13-15,22-24,31-33,40-42,48-49,54-57,59-65,67-68,70-105H2,1-3H3,(H,117,118)(H,119,120)/b10-7-,11-8-,12-9-,19-16-,20-17-,21-18-,28-25-,29-26-,30-27-,37-34-,38-35-,39-36-,46-43-,47-44-,52-50-,53-51-,58-45-,69-66-. The number of phosphoric acid groups is 2. The highest BCUT2D eigenvalue weighted by Gasteiger charge is 2.30. The first kappa shape index (κ1) is 123. The normalized spacial score (nSPS) is 14.6. The van der Waals surface area contributed by atoms with Crippen molar-refractivity contribution in [1.29, 1.82) is 0 Å². The number of phosphoric ester groups is 2. The van der Waals surface area contributed by atoms with Crippen LogP contribution in [0.1, 0.15) is 406 Å². The van der Waals surface area contributed by atoms with Gasteiger partial charge >= 0.3 is 33.6 Å². The fraction of sp³-hybridized carbons (Fsp3) is 0.649. The van der Waals surface area contributed by atoms with Crippen LogP contribution in [-0.4, -0.2) is 95.9 Å². The zero-order chi connectivity index (χ0) is 93.5. The van der Waals surface area contributed by atoms with E-state index in [0.29, 0.717) is 19.3 Å². The maximum absolute atomic E-state index is 13.1. The van der Waals surface area contributed by atoms with Gasteiger partial charge in [0.15, 0.2) is 6.10 Å². The Balaban J connectivity index is 4.65. The van der Waals surface area contributed by atoms with Gasteiger partial charge in [0.25, 0.3) is 0 Å². The molecule has 0 saturated carbocycles. The highest BCUT2D eigenvalue weighted by Crippen LogP contribution is 2.45. The van der Waals surface area contributed by atoms with Crippen molar-refractivity contribution in [2.24, 2.45) is 0 Å². The van der Waals surface area contributed by atoms with E-state index in [1.54, 1.807) is 0 Å². The summed E-state index contributed by atoms with van der Waals surface area (Å²) in [7, 11) is -9.83. The Bertz CT molecular complexity index is 3230. The van der Waals surface area contributed by atoms with E-state index in [1.165, 1.54) is 122 Å². The van der Waals surface area contributed by atoms with E-state index >= 15 is 0 Å². The van der Waals surface area contributed by atoms with Crippen LogP contribution in [-0.2, 0) is 55.8 Å². The molecule has 18 heteroatoms. The quantitative estimate of drug-likeness (QED) is 0.0146. The molecule has 5 unspecified atom stereocenters. The van der Waals surface area contributed by atoms with Crippen LogP contribution in [0.25, 0.3) is 0 Å². The van der Waals surface area contributed by atoms with E-state index in [2.05, 4.69) is 240 Å². The lowest BCUT2D eigenvalue weighted by atomic mass is 10.0. The second kappa shape index (κ2) is 101. The highest BCUT2D eigenvalue weighted by molar-refractivity contribution is 7.47. The number of carbonyl (C=O) groups excluding carboxylic acids is 3. The second-order valence-electron chi connectivity index (χ2n) is 33.5. The summed E-state index contributed by atoms with van der Waals surface area (Å²) in [6.45, 7) is 2.38. The molecule has 5 atom stereocenters. The van der Waals surface area contributed by atoms with Gasteiger partial charge in [-0.3, -0.25) is 32.5 Å². The molecule has 0 aliphatic carbocycles. The van der Waals surface area contributed by atoms with Crippen LogP contribution in [0.15, 0.2) is 219 Å². The van der Waals surface area contributed by atoms with Gasteiger partial charge in [-0.25, -0.2) is 9.13 Å². The van der Waals surface area contributed by atoms with E-state index in [-0.39, 0.29) is 19.3 Å². The van der Waals surface area contributed by atoms with Crippen LogP contribution in [0.2, 0.25) is 0 Å². The van der Waals surface area contributed by atoms with E-state index in [1.807, 2.05) is 0 Å². The molecule has 734 valence electrons. The van der Waals surface area contributed by atoms with E-state index in [4.69, 9.17) is 32.3 Å². The molecule has 0 aromatic carbocycles. The molecule has 0 saturated heterocycles. The molecule has 0 aliphatic rings. The van der Waals surface area contributed by atoms with Crippen molar-refractivity contribution in [2.45, 2.75) is 424 Å². The molecule has 0 heterocycles. The summed E-state index contributed by atoms with van der Waals surface area (Å²) in [5, 5.41) is 20.8. The second-order valence-corrected chi connectivity index (χ2v) is 36.4. The van der Waals surface area contributed by atoms with Crippen molar-refractivity contribution in [2.75, 3.05) is 39.6 Å². The smallest absolute Gasteiger partial charge is 0.463 e. The predicted molar refractivity (Wildman–Crippen MR) is 546 cm³/mol. The molecule has 129 heavy (non-hydrogen) atoms. The largest absolute Gasteiger partial charge is 0.472 e. The van der Waals surface area contributed by atoms with Gasteiger partial charge in [-0.1, -0.05) is 432 Å². The van der Waals surface area contributed by atoms with Gasteiger partial charge in [0, 0.05) is 19.3 Å². The first-order chi connectivity index (χ1) is 63.2. The molecule has 16 nitrogen and oxygen atoms in total. The molecule has 4 N–H and O–H groups in total. The Morgan fingerprint density at radius 3 is 0.612 bits per heavy atom. The summed E-state index contributed by atoms with van der Waals surface area (Å²) >= 11 is 0. The number of aliphatic hydroxyl groups is 2. The topological polar surface area (TPSA) is 231 Å². The number of aliphatic hydroxyl groups excluding tert-OH is 2. The maximum atomic E-state index is 13.1. The van der Waals surface area contributed by atoms with Crippen molar-refractivity contribution >= 4 is 33.6 Å². The lowest BCUT2D eigenvalue weighted by molar-refractivity contribution is -0.161. The van der Waals surface area contributed by atoms with Crippen LogP contribution < -0.4 is 0 Å². The minimum atomic E-state index is -4.96. The fourth-order valence-corrected chi connectivity index (χ4v) is 15.2. The van der Waals surface area contributed by atoms with Crippen molar-refractivity contribution in [1.82, 2.24) is 0 Å². The third-order valence-corrected chi connectivity index (χ3v) is 23.1. The average Bonchev–Trinajstić information content (AvgIpc) is 0.894. The number of hydrogen-bond acceptors (Lipinski definition) is 14. The van der Waals surface area contributed by atoms with Crippen LogP contribution in [0.4, 0.5) is 0 Å². The molecule has 0 amide bonds.